The lowest BCUT2D eigenvalue weighted by molar-refractivity contribution is 0.0368. The van der Waals surface area contributed by atoms with E-state index in [0.29, 0.717) is 11.9 Å². The summed E-state index contributed by atoms with van der Waals surface area (Å²) in [6.07, 6.45) is 3.01. The first kappa shape index (κ1) is 21.4. The zero-order chi connectivity index (χ0) is 20.8. The standard InChI is InChI=1S/C23H27N3O2S2/c1-29-19-9-7-18(8-10-19)17-30-23-24-21-6-3-2-5-20(21)22(27)26(23)12-4-11-25-13-15-28-16-14-25/h2-3,5-10H,4,11-17H2,1H3. The van der Waals surface area contributed by atoms with E-state index in [-0.39, 0.29) is 5.56 Å². The molecule has 1 saturated heterocycles. The molecule has 3 aromatic rings. The average molecular weight is 442 g/mol. The van der Waals surface area contributed by atoms with Crippen molar-refractivity contribution in [1.29, 1.82) is 0 Å². The monoisotopic (exact) mass is 441 g/mol. The highest BCUT2D eigenvalue weighted by atomic mass is 32.2. The van der Waals surface area contributed by atoms with Crippen molar-refractivity contribution in [2.45, 2.75) is 28.8 Å². The van der Waals surface area contributed by atoms with Gasteiger partial charge in [0.05, 0.1) is 24.1 Å². The van der Waals surface area contributed by atoms with Crippen LogP contribution in [0.3, 0.4) is 0 Å². The molecule has 1 fully saturated rings. The minimum absolute atomic E-state index is 0.0582. The van der Waals surface area contributed by atoms with Crippen LogP contribution in [0.5, 0.6) is 0 Å². The molecule has 0 saturated carbocycles. The van der Waals surface area contributed by atoms with Crippen LogP contribution in [-0.2, 0) is 17.0 Å². The predicted molar refractivity (Wildman–Crippen MR) is 126 cm³/mol. The summed E-state index contributed by atoms with van der Waals surface area (Å²) >= 11 is 3.38. The van der Waals surface area contributed by atoms with Gasteiger partial charge in [0, 0.05) is 36.8 Å². The van der Waals surface area contributed by atoms with Crippen molar-refractivity contribution < 1.29 is 4.74 Å². The molecule has 0 radical (unpaired) electrons. The molecule has 0 N–H and O–H groups in total. The van der Waals surface area contributed by atoms with Gasteiger partial charge in [0.25, 0.3) is 5.56 Å². The van der Waals surface area contributed by atoms with Crippen molar-refractivity contribution >= 4 is 34.4 Å². The fourth-order valence-electron chi connectivity index (χ4n) is 3.60. The zero-order valence-electron chi connectivity index (χ0n) is 17.3. The summed E-state index contributed by atoms with van der Waals surface area (Å²) in [5, 5.41) is 1.49. The lowest BCUT2D eigenvalue weighted by atomic mass is 10.2. The van der Waals surface area contributed by atoms with E-state index >= 15 is 0 Å². The van der Waals surface area contributed by atoms with Gasteiger partial charge in [0.1, 0.15) is 0 Å². The van der Waals surface area contributed by atoms with Crippen LogP contribution in [0.1, 0.15) is 12.0 Å². The minimum Gasteiger partial charge on any atom is -0.379 e. The van der Waals surface area contributed by atoms with Crippen LogP contribution >= 0.6 is 23.5 Å². The quantitative estimate of drug-likeness (QED) is 0.387. The number of aromatic nitrogens is 2. The topological polar surface area (TPSA) is 47.4 Å². The summed E-state index contributed by atoms with van der Waals surface area (Å²) in [5.74, 6) is 0.795. The average Bonchev–Trinajstić information content (AvgIpc) is 2.80. The Bertz CT molecular complexity index is 1030. The maximum Gasteiger partial charge on any atom is 0.262 e. The van der Waals surface area contributed by atoms with Gasteiger partial charge in [-0.3, -0.25) is 14.3 Å². The zero-order valence-corrected chi connectivity index (χ0v) is 18.9. The summed E-state index contributed by atoms with van der Waals surface area (Å²) in [6, 6.07) is 16.2. The fraction of sp³-hybridized carbons (Fsp3) is 0.391. The normalized spacial score (nSPS) is 15.0. The molecule has 0 aliphatic carbocycles. The summed E-state index contributed by atoms with van der Waals surface area (Å²) < 4.78 is 7.29. The largest absolute Gasteiger partial charge is 0.379 e. The number of para-hydroxylation sites is 1. The van der Waals surface area contributed by atoms with E-state index in [4.69, 9.17) is 9.72 Å². The smallest absolute Gasteiger partial charge is 0.262 e. The molecule has 30 heavy (non-hydrogen) atoms. The second kappa shape index (κ2) is 10.5. The van der Waals surface area contributed by atoms with Crippen LogP contribution in [0, 0.1) is 0 Å². The van der Waals surface area contributed by atoms with Crippen LogP contribution in [0.15, 0.2) is 63.4 Å². The van der Waals surface area contributed by atoms with Crippen molar-refractivity contribution in [1.82, 2.24) is 14.5 Å². The Balaban J connectivity index is 1.52. The van der Waals surface area contributed by atoms with E-state index in [9.17, 15) is 4.79 Å². The van der Waals surface area contributed by atoms with E-state index in [0.717, 1.165) is 55.7 Å². The Labute approximate surface area is 185 Å². The van der Waals surface area contributed by atoms with Crippen molar-refractivity contribution in [3.8, 4) is 0 Å². The second-order valence-corrected chi connectivity index (χ2v) is 9.13. The molecule has 2 heterocycles. The van der Waals surface area contributed by atoms with Crippen LogP contribution in [0.2, 0.25) is 0 Å². The first-order chi connectivity index (χ1) is 14.7. The molecule has 0 spiro atoms. The van der Waals surface area contributed by atoms with Crippen LogP contribution < -0.4 is 5.56 Å². The number of morpholine rings is 1. The van der Waals surface area contributed by atoms with E-state index in [2.05, 4.69) is 35.4 Å². The molecule has 0 bridgehead atoms. The van der Waals surface area contributed by atoms with Crippen molar-refractivity contribution in [2.75, 3.05) is 39.1 Å². The maximum atomic E-state index is 13.2. The first-order valence-electron chi connectivity index (χ1n) is 10.3. The lowest BCUT2D eigenvalue weighted by Gasteiger charge is -2.26. The van der Waals surface area contributed by atoms with Gasteiger partial charge < -0.3 is 4.74 Å². The van der Waals surface area contributed by atoms with Crippen molar-refractivity contribution in [3.63, 3.8) is 0 Å². The van der Waals surface area contributed by atoms with E-state index in [1.54, 1.807) is 23.5 Å². The molecule has 5 nitrogen and oxygen atoms in total. The Kier molecular flexibility index (Phi) is 7.49. The molecule has 0 amide bonds. The number of fused-ring (bicyclic) bond motifs is 1. The van der Waals surface area contributed by atoms with Gasteiger partial charge in [-0.05, 0) is 42.5 Å². The number of thioether (sulfide) groups is 2. The first-order valence-corrected chi connectivity index (χ1v) is 12.5. The molecule has 1 aliphatic rings. The number of hydrogen-bond acceptors (Lipinski definition) is 6. The Hall–Kier alpha value is -1.80. The number of benzene rings is 2. The fourth-order valence-corrected chi connectivity index (χ4v) is 4.99. The third-order valence-electron chi connectivity index (χ3n) is 5.31. The second-order valence-electron chi connectivity index (χ2n) is 7.31. The minimum atomic E-state index is 0.0582. The number of hydrogen-bond donors (Lipinski definition) is 0. The molecular weight excluding hydrogens is 414 g/mol. The third-order valence-corrected chi connectivity index (χ3v) is 7.10. The summed E-state index contributed by atoms with van der Waals surface area (Å²) in [7, 11) is 0. The highest BCUT2D eigenvalue weighted by molar-refractivity contribution is 7.98. The van der Waals surface area contributed by atoms with Gasteiger partial charge in [0.15, 0.2) is 5.16 Å². The number of rotatable bonds is 8. The van der Waals surface area contributed by atoms with Crippen molar-refractivity contribution in [2.24, 2.45) is 0 Å². The molecular formula is C23H27N3O2S2. The molecule has 1 aromatic heterocycles. The van der Waals surface area contributed by atoms with E-state index < -0.39 is 0 Å². The Morgan fingerprint density at radius 2 is 1.80 bits per heavy atom. The third kappa shape index (κ3) is 5.27. The van der Waals surface area contributed by atoms with Gasteiger partial charge in [-0.15, -0.1) is 11.8 Å². The number of nitrogens with zero attached hydrogens (tertiary/aromatic N) is 3. The molecule has 7 heteroatoms. The molecule has 2 aromatic carbocycles. The maximum absolute atomic E-state index is 13.2. The highest BCUT2D eigenvalue weighted by Gasteiger charge is 2.14. The van der Waals surface area contributed by atoms with Gasteiger partial charge >= 0.3 is 0 Å². The summed E-state index contributed by atoms with van der Waals surface area (Å²) in [6.45, 7) is 5.20. The van der Waals surface area contributed by atoms with Crippen LogP contribution in [0.25, 0.3) is 10.9 Å². The molecule has 0 atom stereocenters. The van der Waals surface area contributed by atoms with Crippen LogP contribution in [-0.4, -0.2) is 53.6 Å². The summed E-state index contributed by atoms with van der Waals surface area (Å²) in [5.41, 5.74) is 2.06. The SMILES string of the molecule is CSc1ccc(CSc2nc3ccccc3c(=O)n2CCCN2CCOCC2)cc1. The van der Waals surface area contributed by atoms with Gasteiger partial charge in [-0.25, -0.2) is 4.98 Å². The van der Waals surface area contributed by atoms with Crippen LogP contribution in [0.4, 0.5) is 0 Å². The summed E-state index contributed by atoms with van der Waals surface area (Å²) in [4.78, 5) is 21.7. The predicted octanol–water partition coefficient (Wildman–Crippen LogP) is 4.13. The van der Waals surface area contributed by atoms with Gasteiger partial charge in [0.2, 0.25) is 0 Å². The van der Waals surface area contributed by atoms with Gasteiger partial charge in [-0.1, -0.05) is 36.0 Å². The van der Waals surface area contributed by atoms with Gasteiger partial charge in [-0.2, -0.15) is 0 Å². The van der Waals surface area contributed by atoms with Crippen molar-refractivity contribution in [3.05, 3.63) is 64.4 Å². The number of ether oxygens (including phenoxy) is 1. The highest BCUT2D eigenvalue weighted by Crippen LogP contribution is 2.24. The molecule has 158 valence electrons. The Morgan fingerprint density at radius 1 is 1.03 bits per heavy atom. The molecule has 4 rings (SSSR count). The Morgan fingerprint density at radius 3 is 2.57 bits per heavy atom. The molecule has 0 unspecified atom stereocenters. The molecule has 1 aliphatic heterocycles. The lowest BCUT2D eigenvalue weighted by Crippen LogP contribution is -2.37. The van der Waals surface area contributed by atoms with E-state index in [1.165, 1.54) is 10.5 Å². The van der Waals surface area contributed by atoms with E-state index in [1.807, 2.05) is 28.8 Å².